The minimum absolute atomic E-state index is 0.0398. The lowest BCUT2D eigenvalue weighted by molar-refractivity contribution is 0.0911. The van der Waals surface area contributed by atoms with E-state index in [1.54, 1.807) is 18.0 Å². The zero-order valence-electron chi connectivity index (χ0n) is 13.9. The minimum atomic E-state index is -0.151. The van der Waals surface area contributed by atoms with Crippen molar-refractivity contribution in [1.29, 1.82) is 0 Å². The van der Waals surface area contributed by atoms with Gasteiger partial charge in [0.1, 0.15) is 11.3 Å². The van der Waals surface area contributed by atoms with Gasteiger partial charge in [0.15, 0.2) is 5.76 Å². The van der Waals surface area contributed by atoms with E-state index in [0.29, 0.717) is 5.76 Å². The monoisotopic (exact) mass is 343 g/mol. The van der Waals surface area contributed by atoms with Gasteiger partial charge in [-0.1, -0.05) is 18.2 Å². The Bertz CT molecular complexity index is 807. The van der Waals surface area contributed by atoms with Crippen LogP contribution in [0.25, 0.3) is 11.0 Å². The Kier molecular flexibility index (Phi) is 5.30. The smallest absolute Gasteiger partial charge is 0.287 e. The van der Waals surface area contributed by atoms with Gasteiger partial charge in [0.2, 0.25) is 0 Å². The Morgan fingerprint density at radius 2 is 2.08 bits per heavy atom. The maximum Gasteiger partial charge on any atom is 0.287 e. The molecule has 0 aliphatic heterocycles. The first-order chi connectivity index (χ1) is 11.7. The molecule has 1 atom stereocenters. The number of aryl methyl sites for hydroxylation is 1. The number of hydrogen-bond donors (Lipinski definition) is 1. The predicted octanol–water partition coefficient (Wildman–Crippen LogP) is 4.64. The highest BCUT2D eigenvalue weighted by Gasteiger charge is 2.21. The highest BCUT2D eigenvalue weighted by molar-refractivity contribution is 7.97. The predicted molar refractivity (Wildman–Crippen MR) is 97.4 cm³/mol. The second kappa shape index (κ2) is 7.62. The van der Waals surface area contributed by atoms with Crippen LogP contribution in [0.4, 0.5) is 0 Å². The van der Waals surface area contributed by atoms with Gasteiger partial charge in [-0.3, -0.25) is 4.79 Å². The molecule has 24 heavy (non-hydrogen) atoms. The van der Waals surface area contributed by atoms with Crippen LogP contribution < -0.4 is 5.32 Å². The Labute approximate surface area is 145 Å². The largest absolute Gasteiger partial charge is 0.469 e. The van der Waals surface area contributed by atoms with E-state index in [4.69, 9.17) is 8.83 Å². The average molecular weight is 343 g/mol. The van der Waals surface area contributed by atoms with Crippen molar-refractivity contribution in [3.05, 3.63) is 59.7 Å². The van der Waals surface area contributed by atoms with Gasteiger partial charge in [0.05, 0.1) is 6.26 Å². The number of para-hydroxylation sites is 1. The summed E-state index contributed by atoms with van der Waals surface area (Å²) in [6, 6.07) is 11.7. The highest BCUT2D eigenvalue weighted by Crippen LogP contribution is 2.28. The van der Waals surface area contributed by atoms with Crippen LogP contribution in [0.1, 0.15) is 35.2 Å². The molecular formula is C19H21NO3S. The number of carbonyl (C=O) groups is 1. The second-order valence-electron chi connectivity index (χ2n) is 5.83. The van der Waals surface area contributed by atoms with Crippen molar-refractivity contribution in [2.24, 2.45) is 0 Å². The topological polar surface area (TPSA) is 55.4 Å². The van der Waals surface area contributed by atoms with Gasteiger partial charge in [0, 0.05) is 29.2 Å². The number of benzene rings is 1. The summed E-state index contributed by atoms with van der Waals surface area (Å²) in [6.45, 7) is 2.00. The van der Waals surface area contributed by atoms with E-state index >= 15 is 0 Å². The lowest BCUT2D eigenvalue weighted by atomic mass is 10.1. The lowest BCUT2D eigenvalue weighted by Gasteiger charge is -2.12. The number of amides is 1. The quantitative estimate of drug-likeness (QED) is 0.679. The Morgan fingerprint density at radius 3 is 2.83 bits per heavy atom. The van der Waals surface area contributed by atoms with Crippen LogP contribution in [-0.2, 0) is 12.2 Å². The third-order valence-corrected chi connectivity index (χ3v) is 4.55. The van der Waals surface area contributed by atoms with Gasteiger partial charge < -0.3 is 14.2 Å². The number of nitrogens with one attached hydrogen (secondary N) is 1. The summed E-state index contributed by atoms with van der Waals surface area (Å²) in [5.74, 6) is 1.96. The molecule has 126 valence electrons. The van der Waals surface area contributed by atoms with Crippen molar-refractivity contribution in [2.75, 3.05) is 6.26 Å². The molecule has 0 radical (unpaired) electrons. The van der Waals surface area contributed by atoms with Gasteiger partial charge in [-0.15, -0.1) is 0 Å². The van der Waals surface area contributed by atoms with E-state index in [0.717, 1.165) is 40.9 Å². The second-order valence-corrected chi connectivity index (χ2v) is 6.70. The van der Waals surface area contributed by atoms with Crippen molar-refractivity contribution in [3.63, 3.8) is 0 Å². The summed E-state index contributed by atoms with van der Waals surface area (Å²) >= 11 is 1.68. The molecule has 0 aliphatic carbocycles. The molecule has 0 spiro atoms. The van der Waals surface area contributed by atoms with Crippen LogP contribution in [0.3, 0.4) is 0 Å². The summed E-state index contributed by atoms with van der Waals surface area (Å²) in [6.07, 6.45) is 5.31. The molecule has 0 bridgehead atoms. The molecule has 1 amide bonds. The van der Waals surface area contributed by atoms with Crippen molar-refractivity contribution in [2.45, 2.75) is 31.6 Å². The molecule has 2 heterocycles. The van der Waals surface area contributed by atoms with Gasteiger partial charge in [-0.2, -0.15) is 11.8 Å². The lowest BCUT2D eigenvalue weighted by Crippen LogP contribution is -2.33. The van der Waals surface area contributed by atoms with Gasteiger partial charge >= 0.3 is 0 Å². The zero-order chi connectivity index (χ0) is 16.9. The Morgan fingerprint density at radius 1 is 1.25 bits per heavy atom. The fraction of sp³-hybridized carbons (Fsp3) is 0.316. The number of hydrogen-bond acceptors (Lipinski definition) is 4. The molecule has 2 aromatic heterocycles. The summed E-state index contributed by atoms with van der Waals surface area (Å²) in [5.41, 5.74) is 1.73. The van der Waals surface area contributed by atoms with Crippen LogP contribution in [0.15, 0.2) is 51.5 Å². The summed E-state index contributed by atoms with van der Waals surface area (Å²) in [7, 11) is 0. The van der Waals surface area contributed by atoms with Crippen LogP contribution in [0.5, 0.6) is 0 Å². The van der Waals surface area contributed by atoms with Gasteiger partial charge in [0.25, 0.3) is 5.91 Å². The Balaban J connectivity index is 1.72. The first-order valence-corrected chi connectivity index (χ1v) is 9.41. The third kappa shape index (κ3) is 3.67. The third-order valence-electron chi connectivity index (χ3n) is 3.97. The van der Waals surface area contributed by atoms with Crippen LogP contribution in [-0.4, -0.2) is 18.2 Å². The number of furan rings is 2. The van der Waals surface area contributed by atoms with Gasteiger partial charge in [-0.05, 0) is 37.8 Å². The molecule has 0 fully saturated rings. The number of thioether (sulfide) groups is 1. The van der Waals surface area contributed by atoms with Crippen molar-refractivity contribution in [1.82, 2.24) is 5.32 Å². The molecule has 3 rings (SSSR count). The molecule has 0 saturated heterocycles. The van der Waals surface area contributed by atoms with E-state index in [9.17, 15) is 4.79 Å². The van der Waals surface area contributed by atoms with E-state index in [2.05, 4.69) is 5.32 Å². The fourth-order valence-electron chi connectivity index (χ4n) is 2.74. The SMILES string of the molecule is CSCc1c(C(=O)NC(C)CCc2ccco2)oc2ccccc12. The standard InChI is InChI=1S/C19H21NO3S/c1-13(9-10-14-6-5-11-22-14)20-19(21)18-16(12-24-2)15-7-3-4-8-17(15)23-18/h3-8,11,13H,9-10,12H2,1-2H3,(H,20,21). The first kappa shape index (κ1) is 16.7. The molecule has 0 aliphatic rings. The fourth-order valence-corrected chi connectivity index (χ4v) is 3.32. The van der Waals surface area contributed by atoms with Crippen molar-refractivity contribution < 1.29 is 13.6 Å². The molecule has 1 unspecified atom stereocenters. The van der Waals surface area contributed by atoms with Gasteiger partial charge in [-0.25, -0.2) is 0 Å². The van der Waals surface area contributed by atoms with E-state index in [1.165, 1.54) is 0 Å². The van der Waals surface area contributed by atoms with E-state index in [-0.39, 0.29) is 11.9 Å². The van der Waals surface area contributed by atoms with E-state index < -0.39 is 0 Å². The summed E-state index contributed by atoms with van der Waals surface area (Å²) in [5, 5.41) is 4.05. The summed E-state index contributed by atoms with van der Waals surface area (Å²) in [4.78, 5) is 12.6. The van der Waals surface area contributed by atoms with Crippen LogP contribution in [0.2, 0.25) is 0 Å². The molecule has 1 aromatic carbocycles. The first-order valence-electron chi connectivity index (χ1n) is 8.01. The van der Waals surface area contributed by atoms with Crippen LogP contribution >= 0.6 is 11.8 Å². The minimum Gasteiger partial charge on any atom is -0.469 e. The number of fused-ring (bicyclic) bond motifs is 1. The number of carbonyl (C=O) groups excluding carboxylic acids is 1. The number of rotatable bonds is 7. The normalized spacial score (nSPS) is 12.4. The highest BCUT2D eigenvalue weighted by atomic mass is 32.2. The molecule has 1 N–H and O–H groups in total. The Hall–Kier alpha value is -2.14. The molecular weight excluding hydrogens is 322 g/mol. The average Bonchev–Trinajstić information content (AvgIpc) is 3.21. The van der Waals surface area contributed by atoms with Crippen molar-refractivity contribution in [3.8, 4) is 0 Å². The summed E-state index contributed by atoms with van der Waals surface area (Å²) < 4.78 is 11.2. The zero-order valence-corrected chi connectivity index (χ0v) is 14.7. The van der Waals surface area contributed by atoms with E-state index in [1.807, 2.05) is 49.6 Å². The van der Waals surface area contributed by atoms with Crippen molar-refractivity contribution >= 4 is 28.6 Å². The molecule has 4 nitrogen and oxygen atoms in total. The molecule has 5 heteroatoms. The maximum atomic E-state index is 12.6. The van der Waals surface area contributed by atoms with Crippen LogP contribution in [0, 0.1) is 0 Å². The molecule has 0 saturated carbocycles. The maximum absolute atomic E-state index is 12.6. The molecule has 3 aromatic rings.